The monoisotopic (exact) mass is 339 g/mol. The lowest BCUT2D eigenvalue weighted by Crippen LogP contribution is -2.36. The summed E-state index contributed by atoms with van der Waals surface area (Å²) in [6, 6.07) is 16.0. The lowest BCUT2D eigenvalue weighted by molar-refractivity contribution is -0.137. The maximum atomic E-state index is 12.9. The van der Waals surface area contributed by atoms with Crippen LogP contribution in [0.2, 0.25) is 0 Å². The zero-order valence-electron chi connectivity index (χ0n) is 15.9. The van der Waals surface area contributed by atoms with E-state index in [1.54, 1.807) is 0 Å². The fourth-order valence-electron chi connectivity index (χ4n) is 3.00. The van der Waals surface area contributed by atoms with Crippen LogP contribution >= 0.6 is 0 Å². The Balaban J connectivity index is 2.41. The van der Waals surface area contributed by atoms with E-state index < -0.39 is 0 Å². The second-order valence-corrected chi connectivity index (χ2v) is 6.99. The highest BCUT2D eigenvalue weighted by molar-refractivity contribution is 5.79. The Morgan fingerprint density at radius 2 is 1.68 bits per heavy atom. The van der Waals surface area contributed by atoms with Crippen molar-refractivity contribution >= 4 is 17.3 Å². The highest BCUT2D eigenvalue weighted by atomic mass is 16.2. The van der Waals surface area contributed by atoms with Gasteiger partial charge in [0.1, 0.15) is 0 Å². The second-order valence-electron chi connectivity index (χ2n) is 6.99. The van der Waals surface area contributed by atoms with Gasteiger partial charge < -0.3 is 15.5 Å². The van der Waals surface area contributed by atoms with Crippen molar-refractivity contribution in [1.29, 1.82) is 0 Å². The third-order valence-corrected chi connectivity index (χ3v) is 4.45. The summed E-state index contributed by atoms with van der Waals surface area (Å²) < 4.78 is 0. The molecule has 2 aromatic rings. The van der Waals surface area contributed by atoms with Crippen LogP contribution in [0.25, 0.3) is 0 Å². The van der Waals surface area contributed by atoms with Gasteiger partial charge in [-0.2, -0.15) is 0 Å². The maximum Gasteiger partial charge on any atom is 0.225 e. The van der Waals surface area contributed by atoms with Crippen molar-refractivity contribution in [3.63, 3.8) is 0 Å². The van der Waals surface area contributed by atoms with Crippen molar-refractivity contribution < 1.29 is 4.79 Å². The third kappa shape index (κ3) is 4.53. The number of rotatable bonds is 6. The third-order valence-electron chi connectivity index (χ3n) is 4.45. The molecule has 4 heteroatoms. The fourth-order valence-corrected chi connectivity index (χ4v) is 3.00. The van der Waals surface area contributed by atoms with Crippen molar-refractivity contribution in [2.24, 2.45) is 5.92 Å². The number of anilines is 2. The first-order valence-corrected chi connectivity index (χ1v) is 8.72. The standard InChI is InChI=1S/C21H29N3O/c1-15(2)21(25)24(16(3)17-9-7-6-8-10-17)14-18-13-19(22)11-12-20(18)23(4)5/h6-13,15-16H,14,22H2,1-5H3/t16-/m0/s1. The van der Waals surface area contributed by atoms with E-state index in [2.05, 4.69) is 24.0 Å². The molecule has 0 bridgehead atoms. The minimum atomic E-state index is -0.0602. The average molecular weight is 339 g/mol. The Morgan fingerprint density at radius 3 is 2.24 bits per heavy atom. The number of benzene rings is 2. The smallest absolute Gasteiger partial charge is 0.225 e. The summed E-state index contributed by atoms with van der Waals surface area (Å²) in [7, 11) is 4.01. The number of nitrogens with two attached hydrogens (primary N) is 1. The van der Waals surface area contributed by atoms with Crippen molar-refractivity contribution in [3.8, 4) is 0 Å². The molecule has 0 saturated heterocycles. The molecule has 4 nitrogen and oxygen atoms in total. The summed E-state index contributed by atoms with van der Waals surface area (Å²) >= 11 is 0. The molecular weight excluding hydrogens is 310 g/mol. The number of nitrogens with zero attached hydrogens (tertiary/aromatic N) is 2. The van der Waals surface area contributed by atoms with Crippen molar-refractivity contribution in [2.75, 3.05) is 24.7 Å². The van der Waals surface area contributed by atoms with Gasteiger partial charge in [0.25, 0.3) is 0 Å². The first-order chi connectivity index (χ1) is 11.8. The van der Waals surface area contributed by atoms with Crippen LogP contribution in [-0.4, -0.2) is 24.9 Å². The van der Waals surface area contributed by atoms with Crippen LogP contribution in [-0.2, 0) is 11.3 Å². The van der Waals surface area contributed by atoms with E-state index in [-0.39, 0.29) is 17.9 Å². The van der Waals surface area contributed by atoms with E-state index >= 15 is 0 Å². The van der Waals surface area contributed by atoms with Crippen molar-refractivity contribution in [2.45, 2.75) is 33.4 Å². The molecule has 0 radical (unpaired) electrons. The Morgan fingerprint density at radius 1 is 1.04 bits per heavy atom. The van der Waals surface area contributed by atoms with Crippen LogP contribution in [0.15, 0.2) is 48.5 Å². The maximum absolute atomic E-state index is 12.9. The molecule has 0 unspecified atom stereocenters. The van der Waals surface area contributed by atoms with Crippen LogP contribution in [0.5, 0.6) is 0 Å². The number of amides is 1. The number of hydrogen-bond donors (Lipinski definition) is 1. The quantitative estimate of drug-likeness (QED) is 0.807. The van der Waals surface area contributed by atoms with Gasteiger partial charge in [-0.05, 0) is 36.2 Å². The summed E-state index contributed by atoms with van der Waals surface area (Å²) in [6.45, 7) is 6.50. The number of carbonyl (C=O) groups is 1. The van der Waals surface area contributed by atoms with Gasteiger partial charge in [-0.15, -0.1) is 0 Å². The minimum absolute atomic E-state index is 0.00690. The van der Waals surface area contributed by atoms with E-state index in [4.69, 9.17) is 5.73 Å². The van der Waals surface area contributed by atoms with Crippen LogP contribution in [0.4, 0.5) is 11.4 Å². The molecule has 0 aliphatic carbocycles. The van der Waals surface area contributed by atoms with Gasteiger partial charge in [-0.3, -0.25) is 4.79 Å². The Bertz CT molecular complexity index is 710. The summed E-state index contributed by atoms with van der Waals surface area (Å²) in [4.78, 5) is 16.9. The first kappa shape index (κ1) is 18.8. The SMILES string of the molecule is CC(C)C(=O)N(Cc1cc(N)ccc1N(C)C)[C@@H](C)c1ccccc1. The van der Waals surface area contributed by atoms with Gasteiger partial charge in [-0.1, -0.05) is 44.2 Å². The van der Waals surface area contributed by atoms with Gasteiger partial charge in [-0.25, -0.2) is 0 Å². The van der Waals surface area contributed by atoms with Gasteiger partial charge in [0.15, 0.2) is 0 Å². The van der Waals surface area contributed by atoms with Gasteiger partial charge in [0, 0.05) is 37.9 Å². The lowest BCUT2D eigenvalue weighted by Gasteiger charge is -2.32. The highest BCUT2D eigenvalue weighted by Gasteiger charge is 2.25. The van der Waals surface area contributed by atoms with Gasteiger partial charge in [0.05, 0.1) is 6.04 Å². The average Bonchev–Trinajstić information content (AvgIpc) is 2.59. The zero-order valence-corrected chi connectivity index (χ0v) is 15.9. The van der Waals surface area contributed by atoms with Gasteiger partial charge >= 0.3 is 0 Å². The molecule has 2 rings (SSSR count). The van der Waals surface area contributed by atoms with Gasteiger partial charge in [0.2, 0.25) is 5.91 Å². The highest BCUT2D eigenvalue weighted by Crippen LogP contribution is 2.29. The van der Waals surface area contributed by atoms with E-state index in [1.165, 1.54) is 0 Å². The Kier molecular flexibility index (Phi) is 6.07. The molecule has 0 aliphatic rings. The molecule has 1 amide bonds. The number of carbonyl (C=O) groups excluding carboxylic acids is 1. The summed E-state index contributed by atoms with van der Waals surface area (Å²) in [6.07, 6.45) is 0. The topological polar surface area (TPSA) is 49.6 Å². The predicted octanol–water partition coefficient (Wildman–Crippen LogP) is 4.08. The van der Waals surface area contributed by atoms with E-state index in [1.807, 2.05) is 69.2 Å². The van der Waals surface area contributed by atoms with Crippen LogP contribution in [0.1, 0.15) is 37.9 Å². The molecule has 25 heavy (non-hydrogen) atoms. The minimum Gasteiger partial charge on any atom is -0.399 e. The molecule has 0 heterocycles. The predicted molar refractivity (Wildman–Crippen MR) is 105 cm³/mol. The van der Waals surface area contributed by atoms with Crippen LogP contribution in [0, 0.1) is 5.92 Å². The molecule has 1 atom stereocenters. The molecule has 0 fully saturated rings. The molecule has 134 valence electrons. The fraction of sp³-hybridized carbons (Fsp3) is 0.381. The zero-order chi connectivity index (χ0) is 18.6. The van der Waals surface area contributed by atoms with Crippen molar-refractivity contribution in [3.05, 3.63) is 59.7 Å². The summed E-state index contributed by atoms with van der Waals surface area (Å²) in [5.74, 6) is 0.0820. The molecule has 2 N–H and O–H groups in total. The lowest BCUT2D eigenvalue weighted by atomic mass is 10.0. The molecular formula is C21H29N3O. The summed E-state index contributed by atoms with van der Waals surface area (Å²) in [5, 5.41) is 0. The van der Waals surface area contributed by atoms with E-state index in [0.717, 1.165) is 16.8 Å². The molecule has 0 aromatic heterocycles. The van der Waals surface area contributed by atoms with Crippen molar-refractivity contribution in [1.82, 2.24) is 4.90 Å². The largest absolute Gasteiger partial charge is 0.399 e. The van der Waals surface area contributed by atoms with E-state index in [0.29, 0.717) is 12.2 Å². The number of hydrogen-bond acceptors (Lipinski definition) is 3. The molecule has 0 spiro atoms. The van der Waals surface area contributed by atoms with E-state index in [9.17, 15) is 4.79 Å². The number of nitrogen functional groups attached to an aromatic ring is 1. The first-order valence-electron chi connectivity index (χ1n) is 8.72. The summed E-state index contributed by atoms with van der Waals surface area (Å²) in [5.41, 5.74) is 9.99. The molecule has 0 aliphatic heterocycles. The Labute approximate surface area is 151 Å². The van der Waals surface area contributed by atoms with Crippen LogP contribution in [0.3, 0.4) is 0 Å². The normalized spacial score (nSPS) is 12.1. The van der Waals surface area contributed by atoms with Crippen LogP contribution < -0.4 is 10.6 Å². The molecule has 2 aromatic carbocycles. The second kappa shape index (κ2) is 8.06. The molecule has 0 saturated carbocycles. The Hall–Kier alpha value is -2.49.